The quantitative estimate of drug-likeness (QED) is 0.865. The van der Waals surface area contributed by atoms with Crippen molar-refractivity contribution in [1.29, 1.82) is 0 Å². The zero-order chi connectivity index (χ0) is 12.4. The second-order valence-electron chi connectivity index (χ2n) is 5.52. The lowest BCUT2D eigenvalue weighted by atomic mass is 9.95. The highest BCUT2D eigenvalue weighted by Gasteiger charge is 2.32. The summed E-state index contributed by atoms with van der Waals surface area (Å²) in [7, 11) is 0. The zero-order valence-electron chi connectivity index (χ0n) is 11.1. The molecule has 1 aromatic heterocycles. The number of rotatable bonds is 2. The van der Waals surface area contributed by atoms with E-state index in [9.17, 15) is 0 Å². The standard InChI is InChI=1S/C14H22N4/c1-11-9-16-14(17-10-11)18-8-3-2-6-13(18)12-5-4-7-15-12/h9-10,12-13,15H,2-8H2,1H3. The maximum absolute atomic E-state index is 4.51. The van der Waals surface area contributed by atoms with Crippen LogP contribution in [0.4, 0.5) is 5.95 Å². The van der Waals surface area contributed by atoms with E-state index < -0.39 is 0 Å². The summed E-state index contributed by atoms with van der Waals surface area (Å²) in [5.41, 5.74) is 1.13. The van der Waals surface area contributed by atoms with E-state index in [2.05, 4.69) is 20.2 Å². The summed E-state index contributed by atoms with van der Waals surface area (Å²) in [6.45, 7) is 4.31. The highest BCUT2D eigenvalue weighted by molar-refractivity contribution is 5.33. The monoisotopic (exact) mass is 246 g/mol. The molecular formula is C14H22N4. The van der Waals surface area contributed by atoms with Crippen LogP contribution in [0.3, 0.4) is 0 Å². The summed E-state index contributed by atoms with van der Waals surface area (Å²) in [6, 6.07) is 1.22. The number of anilines is 1. The van der Waals surface area contributed by atoms with Crippen molar-refractivity contribution in [2.75, 3.05) is 18.0 Å². The van der Waals surface area contributed by atoms with E-state index in [1.807, 2.05) is 19.3 Å². The lowest BCUT2D eigenvalue weighted by Crippen LogP contribution is -2.51. The molecule has 2 saturated heterocycles. The van der Waals surface area contributed by atoms with Crippen molar-refractivity contribution in [3.63, 3.8) is 0 Å². The van der Waals surface area contributed by atoms with Crippen molar-refractivity contribution >= 4 is 5.95 Å². The molecule has 1 N–H and O–H groups in total. The number of nitrogens with zero attached hydrogens (tertiary/aromatic N) is 3. The average Bonchev–Trinajstić information content (AvgIpc) is 2.93. The first-order valence-electron chi connectivity index (χ1n) is 7.13. The van der Waals surface area contributed by atoms with Crippen LogP contribution in [0.25, 0.3) is 0 Å². The Morgan fingerprint density at radius 2 is 2.00 bits per heavy atom. The Bertz CT molecular complexity index is 383. The minimum absolute atomic E-state index is 0.587. The Hall–Kier alpha value is -1.16. The van der Waals surface area contributed by atoms with Crippen molar-refractivity contribution in [3.8, 4) is 0 Å². The first-order chi connectivity index (χ1) is 8.84. The van der Waals surface area contributed by atoms with Crippen LogP contribution in [0.15, 0.2) is 12.4 Å². The Balaban J connectivity index is 1.80. The van der Waals surface area contributed by atoms with Gasteiger partial charge >= 0.3 is 0 Å². The number of piperidine rings is 1. The number of aryl methyl sites for hydroxylation is 1. The van der Waals surface area contributed by atoms with E-state index in [0.717, 1.165) is 18.1 Å². The topological polar surface area (TPSA) is 41.1 Å². The smallest absolute Gasteiger partial charge is 0.225 e. The molecule has 4 heteroatoms. The van der Waals surface area contributed by atoms with Gasteiger partial charge < -0.3 is 10.2 Å². The predicted octanol–water partition coefficient (Wildman–Crippen LogP) is 1.90. The molecule has 2 aliphatic heterocycles. The lowest BCUT2D eigenvalue weighted by Gasteiger charge is -2.39. The fourth-order valence-electron chi connectivity index (χ4n) is 3.20. The minimum Gasteiger partial charge on any atom is -0.336 e. The van der Waals surface area contributed by atoms with Gasteiger partial charge in [-0.1, -0.05) is 0 Å². The van der Waals surface area contributed by atoms with E-state index in [0.29, 0.717) is 12.1 Å². The molecule has 0 aliphatic carbocycles. The van der Waals surface area contributed by atoms with Crippen LogP contribution in [-0.2, 0) is 0 Å². The Kier molecular flexibility index (Phi) is 3.46. The number of hydrogen-bond acceptors (Lipinski definition) is 4. The fourth-order valence-corrected chi connectivity index (χ4v) is 3.20. The molecule has 0 spiro atoms. The molecule has 3 rings (SSSR count). The molecule has 0 amide bonds. The number of hydrogen-bond donors (Lipinski definition) is 1. The van der Waals surface area contributed by atoms with Crippen molar-refractivity contribution < 1.29 is 0 Å². The average molecular weight is 246 g/mol. The van der Waals surface area contributed by atoms with E-state index in [4.69, 9.17) is 0 Å². The molecule has 0 saturated carbocycles. The Labute approximate surface area is 109 Å². The van der Waals surface area contributed by atoms with Crippen molar-refractivity contribution in [3.05, 3.63) is 18.0 Å². The van der Waals surface area contributed by atoms with Gasteiger partial charge in [-0.2, -0.15) is 0 Å². The number of nitrogens with one attached hydrogen (secondary N) is 1. The molecule has 0 aromatic carbocycles. The SMILES string of the molecule is Cc1cnc(N2CCCCC2C2CCCN2)nc1. The van der Waals surface area contributed by atoms with Crippen molar-refractivity contribution in [1.82, 2.24) is 15.3 Å². The third kappa shape index (κ3) is 2.34. The van der Waals surface area contributed by atoms with E-state index >= 15 is 0 Å². The molecule has 2 atom stereocenters. The van der Waals surface area contributed by atoms with Crippen LogP contribution in [0.2, 0.25) is 0 Å². The van der Waals surface area contributed by atoms with Crippen molar-refractivity contribution in [2.45, 2.75) is 51.1 Å². The summed E-state index contributed by atoms with van der Waals surface area (Å²) in [5, 5.41) is 3.64. The maximum atomic E-state index is 4.51. The van der Waals surface area contributed by atoms with Gasteiger partial charge in [0.25, 0.3) is 0 Å². The Morgan fingerprint density at radius 1 is 1.17 bits per heavy atom. The first kappa shape index (κ1) is 11.9. The predicted molar refractivity (Wildman–Crippen MR) is 72.8 cm³/mol. The third-order valence-corrected chi connectivity index (χ3v) is 4.14. The fraction of sp³-hybridized carbons (Fsp3) is 0.714. The van der Waals surface area contributed by atoms with Gasteiger partial charge in [0.05, 0.1) is 0 Å². The molecular weight excluding hydrogens is 224 g/mol. The lowest BCUT2D eigenvalue weighted by molar-refractivity contribution is 0.373. The molecule has 4 nitrogen and oxygen atoms in total. The largest absolute Gasteiger partial charge is 0.336 e. The third-order valence-electron chi connectivity index (χ3n) is 4.14. The molecule has 18 heavy (non-hydrogen) atoms. The second kappa shape index (κ2) is 5.22. The zero-order valence-corrected chi connectivity index (χ0v) is 11.1. The van der Waals surface area contributed by atoms with Crippen LogP contribution in [0.5, 0.6) is 0 Å². The second-order valence-corrected chi connectivity index (χ2v) is 5.52. The summed E-state index contributed by atoms with van der Waals surface area (Å²) >= 11 is 0. The van der Waals surface area contributed by atoms with E-state index in [1.165, 1.54) is 38.6 Å². The van der Waals surface area contributed by atoms with Gasteiger partial charge in [-0.3, -0.25) is 0 Å². The van der Waals surface area contributed by atoms with E-state index in [1.54, 1.807) is 0 Å². The van der Waals surface area contributed by atoms with Crippen LogP contribution >= 0.6 is 0 Å². The van der Waals surface area contributed by atoms with Gasteiger partial charge in [0.1, 0.15) is 0 Å². The molecule has 3 heterocycles. The normalized spacial score (nSPS) is 28.6. The van der Waals surface area contributed by atoms with Gasteiger partial charge in [-0.05, 0) is 51.1 Å². The van der Waals surface area contributed by atoms with E-state index in [-0.39, 0.29) is 0 Å². The highest BCUT2D eigenvalue weighted by atomic mass is 15.3. The van der Waals surface area contributed by atoms with Crippen molar-refractivity contribution in [2.24, 2.45) is 0 Å². The molecule has 1 aromatic rings. The van der Waals surface area contributed by atoms with Crippen LogP contribution in [0, 0.1) is 6.92 Å². The van der Waals surface area contributed by atoms with Gasteiger partial charge in [0, 0.05) is 31.0 Å². The maximum Gasteiger partial charge on any atom is 0.225 e. The molecule has 0 radical (unpaired) electrons. The summed E-state index contributed by atoms with van der Waals surface area (Å²) in [5.74, 6) is 0.916. The van der Waals surface area contributed by atoms with Gasteiger partial charge in [-0.25, -0.2) is 9.97 Å². The molecule has 0 bridgehead atoms. The van der Waals surface area contributed by atoms with Crippen LogP contribution < -0.4 is 10.2 Å². The number of aromatic nitrogens is 2. The van der Waals surface area contributed by atoms with Crippen LogP contribution in [-0.4, -0.2) is 35.1 Å². The molecule has 2 unspecified atom stereocenters. The molecule has 98 valence electrons. The van der Waals surface area contributed by atoms with Gasteiger partial charge in [-0.15, -0.1) is 0 Å². The minimum atomic E-state index is 0.587. The molecule has 2 fully saturated rings. The molecule has 2 aliphatic rings. The first-order valence-corrected chi connectivity index (χ1v) is 7.13. The van der Waals surface area contributed by atoms with Crippen LogP contribution in [0.1, 0.15) is 37.7 Å². The summed E-state index contributed by atoms with van der Waals surface area (Å²) in [4.78, 5) is 11.4. The highest BCUT2D eigenvalue weighted by Crippen LogP contribution is 2.26. The Morgan fingerprint density at radius 3 is 2.72 bits per heavy atom. The summed E-state index contributed by atoms with van der Waals surface area (Å²) < 4.78 is 0. The van der Waals surface area contributed by atoms with Gasteiger partial charge in [0.2, 0.25) is 5.95 Å². The summed E-state index contributed by atoms with van der Waals surface area (Å²) in [6.07, 6.45) is 10.3. The van der Waals surface area contributed by atoms with Gasteiger partial charge in [0.15, 0.2) is 0 Å².